The summed E-state index contributed by atoms with van der Waals surface area (Å²) in [5.74, 6) is 1.68. The predicted octanol–water partition coefficient (Wildman–Crippen LogP) is 3.31. The molecule has 4 rings (SSSR count). The normalized spacial score (nSPS) is 21.2. The Labute approximate surface area is 152 Å². The molecule has 7 nitrogen and oxygen atoms in total. The van der Waals surface area contributed by atoms with Crippen LogP contribution in [0.3, 0.4) is 0 Å². The summed E-state index contributed by atoms with van der Waals surface area (Å²) in [5, 5.41) is 12.6. The van der Waals surface area contributed by atoms with Gasteiger partial charge in [-0.25, -0.2) is 0 Å². The van der Waals surface area contributed by atoms with Crippen LogP contribution in [-0.2, 0) is 11.3 Å². The zero-order valence-corrected chi connectivity index (χ0v) is 15.2. The third-order valence-electron chi connectivity index (χ3n) is 4.44. The van der Waals surface area contributed by atoms with Gasteiger partial charge >= 0.3 is 0 Å². The first-order chi connectivity index (χ1) is 12.6. The van der Waals surface area contributed by atoms with E-state index < -0.39 is 0 Å². The molecule has 0 aliphatic carbocycles. The molecule has 1 aliphatic heterocycles. The second-order valence-electron chi connectivity index (χ2n) is 6.78. The van der Waals surface area contributed by atoms with Crippen LogP contribution in [0.15, 0.2) is 39.3 Å². The van der Waals surface area contributed by atoms with Gasteiger partial charge in [0.15, 0.2) is 0 Å². The van der Waals surface area contributed by atoms with E-state index >= 15 is 0 Å². The molecule has 0 N–H and O–H groups in total. The van der Waals surface area contributed by atoms with Crippen molar-refractivity contribution in [2.75, 3.05) is 13.1 Å². The number of ether oxygens (including phenoxy) is 1. The molecule has 0 unspecified atom stereocenters. The van der Waals surface area contributed by atoms with Gasteiger partial charge in [0.25, 0.3) is 5.89 Å². The third kappa shape index (κ3) is 3.40. The van der Waals surface area contributed by atoms with Crippen molar-refractivity contribution in [2.24, 2.45) is 0 Å². The van der Waals surface area contributed by atoms with E-state index in [2.05, 4.69) is 34.1 Å². The van der Waals surface area contributed by atoms with Crippen LogP contribution in [0.5, 0.6) is 0 Å². The molecule has 0 bridgehead atoms. The molecular formula is C19H22N4O3. The number of rotatable bonds is 4. The first-order valence-corrected chi connectivity index (χ1v) is 8.82. The molecule has 1 fully saturated rings. The number of aryl methyl sites for hydroxylation is 1. The van der Waals surface area contributed by atoms with Crippen LogP contribution >= 0.6 is 0 Å². The van der Waals surface area contributed by atoms with Crippen LogP contribution in [0.1, 0.15) is 25.5 Å². The molecule has 2 aromatic heterocycles. The van der Waals surface area contributed by atoms with Gasteiger partial charge in [0.2, 0.25) is 5.89 Å². The highest BCUT2D eigenvalue weighted by atomic mass is 16.5. The average molecular weight is 354 g/mol. The summed E-state index contributed by atoms with van der Waals surface area (Å²) in [6, 6.07) is 9.85. The molecule has 0 radical (unpaired) electrons. The lowest BCUT2D eigenvalue weighted by Gasteiger charge is -2.34. The maximum Gasteiger partial charge on any atom is 0.253 e. The van der Waals surface area contributed by atoms with Gasteiger partial charge < -0.3 is 13.7 Å². The number of morpholine rings is 1. The summed E-state index contributed by atoms with van der Waals surface area (Å²) in [5.41, 5.74) is 2.42. The molecule has 3 aromatic rings. The Morgan fingerprint density at radius 3 is 2.54 bits per heavy atom. The fourth-order valence-electron chi connectivity index (χ4n) is 3.44. The monoisotopic (exact) mass is 354 g/mol. The molecule has 0 amide bonds. The number of hydrogen-bond acceptors (Lipinski definition) is 7. The van der Waals surface area contributed by atoms with Crippen molar-refractivity contribution in [3.8, 4) is 22.7 Å². The van der Waals surface area contributed by atoms with Gasteiger partial charge in [-0.15, -0.1) is 10.2 Å². The highest BCUT2D eigenvalue weighted by Gasteiger charge is 2.25. The third-order valence-corrected chi connectivity index (χ3v) is 4.44. The van der Waals surface area contributed by atoms with E-state index in [0.717, 1.165) is 24.2 Å². The Bertz CT molecular complexity index is 864. The lowest BCUT2D eigenvalue weighted by Crippen LogP contribution is -2.44. The summed E-state index contributed by atoms with van der Waals surface area (Å²) >= 11 is 0. The van der Waals surface area contributed by atoms with Crippen molar-refractivity contribution in [2.45, 2.75) is 39.5 Å². The first kappa shape index (κ1) is 16.9. The highest BCUT2D eigenvalue weighted by Crippen LogP contribution is 2.33. The summed E-state index contributed by atoms with van der Waals surface area (Å²) < 4.78 is 17.1. The largest absolute Gasteiger partial charge is 0.419 e. The first-order valence-electron chi connectivity index (χ1n) is 8.82. The van der Waals surface area contributed by atoms with Crippen molar-refractivity contribution in [1.82, 2.24) is 20.3 Å². The van der Waals surface area contributed by atoms with Gasteiger partial charge in [-0.1, -0.05) is 35.5 Å². The van der Waals surface area contributed by atoms with E-state index in [1.54, 1.807) is 0 Å². The summed E-state index contributed by atoms with van der Waals surface area (Å²) in [7, 11) is 0. The van der Waals surface area contributed by atoms with Gasteiger partial charge in [0, 0.05) is 18.7 Å². The molecule has 1 aromatic carbocycles. The van der Waals surface area contributed by atoms with Crippen LogP contribution in [-0.4, -0.2) is 45.6 Å². The minimum Gasteiger partial charge on any atom is -0.419 e. The minimum atomic E-state index is 0.200. The quantitative estimate of drug-likeness (QED) is 0.711. The smallest absolute Gasteiger partial charge is 0.253 e. The van der Waals surface area contributed by atoms with Gasteiger partial charge in [0.05, 0.1) is 18.8 Å². The molecule has 1 aliphatic rings. The van der Waals surface area contributed by atoms with Crippen molar-refractivity contribution < 1.29 is 13.7 Å². The fourth-order valence-corrected chi connectivity index (χ4v) is 3.44. The molecular weight excluding hydrogens is 332 g/mol. The minimum absolute atomic E-state index is 0.200. The average Bonchev–Trinajstić information content (AvgIpc) is 3.21. The SMILES string of the molecule is Cc1onc(-c2ccccc2)c1-c1nnc(CN2C[C@@H](C)O[C@@H](C)C2)o1. The van der Waals surface area contributed by atoms with Gasteiger partial charge in [-0.3, -0.25) is 4.90 Å². The van der Waals surface area contributed by atoms with E-state index in [-0.39, 0.29) is 12.2 Å². The van der Waals surface area contributed by atoms with Crippen molar-refractivity contribution >= 4 is 0 Å². The van der Waals surface area contributed by atoms with Crippen LogP contribution in [0.2, 0.25) is 0 Å². The second-order valence-corrected chi connectivity index (χ2v) is 6.78. The molecule has 2 atom stereocenters. The molecule has 7 heteroatoms. The molecule has 3 heterocycles. The van der Waals surface area contributed by atoms with Gasteiger partial charge in [0.1, 0.15) is 17.0 Å². The number of nitrogens with zero attached hydrogens (tertiary/aromatic N) is 4. The Morgan fingerprint density at radius 1 is 1.08 bits per heavy atom. The van der Waals surface area contributed by atoms with Crippen molar-refractivity contribution in [1.29, 1.82) is 0 Å². The van der Waals surface area contributed by atoms with E-state index in [1.807, 2.05) is 37.3 Å². The van der Waals surface area contributed by atoms with Crippen molar-refractivity contribution in [3.05, 3.63) is 42.0 Å². The van der Waals surface area contributed by atoms with Crippen LogP contribution in [0, 0.1) is 6.92 Å². The fraction of sp³-hybridized carbons (Fsp3) is 0.421. The topological polar surface area (TPSA) is 77.4 Å². The zero-order valence-electron chi connectivity index (χ0n) is 15.2. The van der Waals surface area contributed by atoms with E-state index in [4.69, 9.17) is 13.7 Å². The lowest BCUT2D eigenvalue weighted by atomic mass is 10.1. The van der Waals surface area contributed by atoms with E-state index in [1.165, 1.54) is 0 Å². The molecule has 0 spiro atoms. The maximum absolute atomic E-state index is 5.94. The number of aromatic nitrogens is 3. The van der Waals surface area contributed by atoms with Crippen LogP contribution in [0.4, 0.5) is 0 Å². The second kappa shape index (κ2) is 7.01. The predicted molar refractivity (Wildman–Crippen MR) is 95.3 cm³/mol. The number of hydrogen-bond donors (Lipinski definition) is 0. The Balaban J connectivity index is 1.58. The van der Waals surface area contributed by atoms with E-state index in [0.29, 0.717) is 29.8 Å². The standard InChI is InChI=1S/C19H22N4O3/c1-12-9-23(10-13(2)24-12)11-16-20-21-19(25-16)17-14(3)26-22-18(17)15-7-5-4-6-8-15/h4-8,12-13H,9-11H2,1-3H3/t12-,13+. The molecule has 136 valence electrons. The zero-order chi connectivity index (χ0) is 18.1. The molecule has 0 saturated carbocycles. The van der Waals surface area contributed by atoms with Gasteiger partial charge in [-0.05, 0) is 20.8 Å². The summed E-state index contributed by atoms with van der Waals surface area (Å²) in [6.07, 6.45) is 0.400. The maximum atomic E-state index is 5.94. The van der Waals surface area contributed by atoms with E-state index in [9.17, 15) is 0 Å². The Kier molecular flexibility index (Phi) is 4.57. The Morgan fingerprint density at radius 2 is 1.81 bits per heavy atom. The summed E-state index contributed by atoms with van der Waals surface area (Å²) in [6.45, 7) is 8.32. The Hall–Kier alpha value is -2.51. The molecule has 1 saturated heterocycles. The summed E-state index contributed by atoms with van der Waals surface area (Å²) in [4.78, 5) is 2.27. The number of benzene rings is 1. The van der Waals surface area contributed by atoms with Crippen molar-refractivity contribution in [3.63, 3.8) is 0 Å². The van der Waals surface area contributed by atoms with Crippen LogP contribution in [0.25, 0.3) is 22.7 Å². The molecule has 26 heavy (non-hydrogen) atoms. The highest BCUT2D eigenvalue weighted by molar-refractivity contribution is 5.77. The van der Waals surface area contributed by atoms with Gasteiger partial charge in [-0.2, -0.15) is 0 Å². The lowest BCUT2D eigenvalue weighted by molar-refractivity contribution is -0.0721. The van der Waals surface area contributed by atoms with Crippen LogP contribution < -0.4 is 0 Å².